The van der Waals surface area contributed by atoms with Crippen molar-refractivity contribution in [1.29, 1.82) is 0 Å². The van der Waals surface area contributed by atoms with Crippen LogP contribution in [0.5, 0.6) is 0 Å². The molecule has 0 saturated carbocycles. The first-order chi connectivity index (χ1) is 12.7. The largest absolute Gasteiger partial charge is 0.394 e. The Kier molecular flexibility index (Phi) is 9.64. The molecule has 0 aromatic heterocycles. The Hall–Kier alpha value is -1.46. The van der Waals surface area contributed by atoms with E-state index >= 15 is 0 Å². The van der Waals surface area contributed by atoms with Crippen LogP contribution >= 0.6 is 0 Å². The van der Waals surface area contributed by atoms with Gasteiger partial charge in [0.05, 0.1) is 5.71 Å². The van der Waals surface area contributed by atoms with Gasteiger partial charge in [-0.3, -0.25) is 0 Å². The lowest BCUT2D eigenvalue weighted by Gasteiger charge is -2.26. The van der Waals surface area contributed by atoms with E-state index in [1.807, 2.05) is 0 Å². The highest BCUT2D eigenvalue weighted by molar-refractivity contribution is 6.00. The Morgan fingerprint density at radius 2 is 1.81 bits per heavy atom. The number of nitrogens with zero attached hydrogens (tertiary/aromatic N) is 3. The van der Waals surface area contributed by atoms with Crippen LogP contribution in [0.2, 0.25) is 0 Å². The molecule has 5 heteroatoms. The lowest BCUT2D eigenvalue weighted by atomic mass is 10.0. The number of piperidine rings is 1. The van der Waals surface area contributed by atoms with Crippen LogP contribution in [0.1, 0.15) is 51.5 Å². The van der Waals surface area contributed by atoms with Gasteiger partial charge >= 0.3 is 0 Å². The van der Waals surface area contributed by atoms with Crippen molar-refractivity contribution in [3.63, 3.8) is 0 Å². The van der Waals surface area contributed by atoms with E-state index in [1.165, 1.54) is 44.5 Å². The molecule has 1 aliphatic rings. The Balaban J connectivity index is 1.88. The molecule has 1 aromatic carbocycles. The molecule has 0 unspecified atom stereocenters. The van der Waals surface area contributed by atoms with Gasteiger partial charge in [0.2, 0.25) is 0 Å². The smallest absolute Gasteiger partial charge is 0.129 e. The average Bonchev–Trinajstić information content (AvgIpc) is 2.68. The van der Waals surface area contributed by atoms with Crippen LogP contribution in [0.15, 0.2) is 29.4 Å². The van der Waals surface area contributed by atoms with Crippen LogP contribution in [0.4, 0.5) is 4.39 Å². The second kappa shape index (κ2) is 12.0. The molecule has 1 aliphatic heterocycles. The van der Waals surface area contributed by atoms with Gasteiger partial charge in [0.1, 0.15) is 12.4 Å². The van der Waals surface area contributed by atoms with E-state index in [2.05, 4.69) is 28.8 Å². The molecule has 0 amide bonds. The number of hydrogen-bond donors (Lipinski definition) is 0. The van der Waals surface area contributed by atoms with Crippen LogP contribution in [0.3, 0.4) is 0 Å². The topological polar surface area (TPSA) is 28.1 Å². The van der Waals surface area contributed by atoms with E-state index in [-0.39, 0.29) is 5.82 Å². The maximum Gasteiger partial charge on any atom is 0.129 e. The third-order valence-electron chi connectivity index (χ3n) is 5.08. The molecular formula is C21H34FN3O. The first-order valence-corrected chi connectivity index (χ1v) is 10.1. The zero-order valence-electron chi connectivity index (χ0n) is 16.4. The summed E-state index contributed by atoms with van der Waals surface area (Å²) in [5.74, 6) is -0.219. The van der Waals surface area contributed by atoms with E-state index in [4.69, 9.17) is 4.84 Å². The summed E-state index contributed by atoms with van der Waals surface area (Å²) >= 11 is 0. The van der Waals surface area contributed by atoms with Gasteiger partial charge in [0, 0.05) is 6.54 Å². The standard InChI is InChI=1S/C21H34FN3O/c1-3-24(4-2)17-18-26-23-21(19-10-12-20(22)13-11-19)9-8-16-25-14-6-5-7-15-25/h10-13H,3-9,14-18H2,1-2H3/b23-21+. The number of halogens is 1. The maximum absolute atomic E-state index is 13.2. The van der Waals surface area contributed by atoms with E-state index in [0.29, 0.717) is 6.61 Å². The minimum Gasteiger partial charge on any atom is -0.394 e. The van der Waals surface area contributed by atoms with E-state index in [0.717, 1.165) is 50.3 Å². The third kappa shape index (κ3) is 7.42. The van der Waals surface area contributed by atoms with Crippen molar-refractivity contribution in [3.05, 3.63) is 35.6 Å². The van der Waals surface area contributed by atoms with Crippen molar-refractivity contribution in [2.45, 2.75) is 46.0 Å². The Bertz CT molecular complexity index is 523. The highest BCUT2D eigenvalue weighted by Gasteiger charge is 2.11. The van der Waals surface area contributed by atoms with Crippen molar-refractivity contribution in [2.24, 2.45) is 5.16 Å². The molecule has 0 bridgehead atoms. The van der Waals surface area contributed by atoms with E-state index in [1.54, 1.807) is 12.1 Å². The summed E-state index contributed by atoms with van der Waals surface area (Å²) in [6.07, 6.45) is 5.89. The molecule has 0 atom stereocenters. The molecule has 1 aromatic rings. The van der Waals surface area contributed by atoms with Crippen molar-refractivity contribution in [1.82, 2.24) is 9.80 Å². The van der Waals surface area contributed by atoms with Crippen molar-refractivity contribution in [2.75, 3.05) is 45.9 Å². The number of oxime groups is 1. The molecule has 0 N–H and O–H groups in total. The second-order valence-corrected chi connectivity index (χ2v) is 6.91. The Morgan fingerprint density at radius 1 is 1.12 bits per heavy atom. The molecule has 4 nitrogen and oxygen atoms in total. The number of rotatable bonds is 11. The summed E-state index contributed by atoms with van der Waals surface area (Å²) in [6, 6.07) is 6.57. The van der Waals surface area contributed by atoms with Gasteiger partial charge in [-0.2, -0.15) is 0 Å². The predicted molar refractivity (Wildman–Crippen MR) is 106 cm³/mol. The van der Waals surface area contributed by atoms with Crippen LogP contribution < -0.4 is 0 Å². The van der Waals surface area contributed by atoms with E-state index in [9.17, 15) is 4.39 Å². The molecule has 1 fully saturated rings. The van der Waals surface area contributed by atoms with Crippen LogP contribution in [0.25, 0.3) is 0 Å². The second-order valence-electron chi connectivity index (χ2n) is 6.91. The summed E-state index contributed by atoms with van der Waals surface area (Å²) in [4.78, 5) is 10.4. The van der Waals surface area contributed by atoms with Gasteiger partial charge in [-0.05, 0) is 76.1 Å². The fourth-order valence-corrected chi connectivity index (χ4v) is 3.37. The number of hydrogen-bond acceptors (Lipinski definition) is 4. The van der Waals surface area contributed by atoms with Gasteiger partial charge in [-0.15, -0.1) is 0 Å². The lowest BCUT2D eigenvalue weighted by Crippen LogP contribution is -2.30. The fourth-order valence-electron chi connectivity index (χ4n) is 3.37. The Labute approximate surface area is 158 Å². The highest BCUT2D eigenvalue weighted by atomic mass is 19.1. The summed E-state index contributed by atoms with van der Waals surface area (Å²) in [7, 11) is 0. The highest BCUT2D eigenvalue weighted by Crippen LogP contribution is 2.13. The SMILES string of the molecule is CCN(CC)CCO/N=C(\CCCN1CCCCC1)c1ccc(F)cc1. The summed E-state index contributed by atoms with van der Waals surface area (Å²) in [5, 5.41) is 4.40. The molecule has 1 saturated heterocycles. The zero-order valence-corrected chi connectivity index (χ0v) is 16.4. The normalized spacial score (nSPS) is 16.2. The zero-order chi connectivity index (χ0) is 18.6. The Morgan fingerprint density at radius 3 is 2.46 bits per heavy atom. The molecule has 0 aliphatic carbocycles. The van der Waals surface area contributed by atoms with Crippen molar-refractivity contribution in [3.8, 4) is 0 Å². The summed E-state index contributed by atoms with van der Waals surface area (Å²) in [5.41, 5.74) is 1.87. The van der Waals surface area contributed by atoms with Crippen LogP contribution in [-0.2, 0) is 4.84 Å². The minimum atomic E-state index is -0.219. The number of benzene rings is 1. The van der Waals surface area contributed by atoms with Gasteiger partial charge in [-0.1, -0.05) is 37.6 Å². The summed E-state index contributed by atoms with van der Waals surface area (Å²) in [6.45, 7) is 11.3. The van der Waals surface area contributed by atoms with Gasteiger partial charge < -0.3 is 14.6 Å². The molecular weight excluding hydrogens is 329 g/mol. The van der Waals surface area contributed by atoms with Crippen LogP contribution in [-0.4, -0.2) is 61.4 Å². The first-order valence-electron chi connectivity index (χ1n) is 10.1. The lowest BCUT2D eigenvalue weighted by molar-refractivity contribution is 0.114. The monoisotopic (exact) mass is 363 g/mol. The average molecular weight is 364 g/mol. The molecule has 0 spiro atoms. The number of likely N-dealkylation sites (tertiary alicyclic amines) is 1. The molecule has 0 radical (unpaired) electrons. The van der Waals surface area contributed by atoms with Crippen LogP contribution in [0, 0.1) is 5.82 Å². The quantitative estimate of drug-likeness (QED) is 0.336. The van der Waals surface area contributed by atoms with Crippen molar-refractivity contribution < 1.29 is 9.23 Å². The van der Waals surface area contributed by atoms with Gasteiger partial charge in [-0.25, -0.2) is 4.39 Å². The molecule has 1 heterocycles. The first kappa shape index (κ1) is 20.8. The van der Waals surface area contributed by atoms with Crippen molar-refractivity contribution >= 4 is 5.71 Å². The predicted octanol–water partition coefficient (Wildman–Crippen LogP) is 4.15. The fraction of sp³-hybridized carbons (Fsp3) is 0.667. The van der Waals surface area contributed by atoms with Gasteiger partial charge in [0.15, 0.2) is 0 Å². The third-order valence-corrected chi connectivity index (χ3v) is 5.08. The molecule has 26 heavy (non-hydrogen) atoms. The summed E-state index contributed by atoms with van der Waals surface area (Å²) < 4.78 is 13.2. The minimum absolute atomic E-state index is 0.219. The van der Waals surface area contributed by atoms with E-state index < -0.39 is 0 Å². The van der Waals surface area contributed by atoms with Gasteiger partial charge in [0.25, 0.3) is 0 Å². The molecule has 146 valence electrons. The molecule has 2 rings (SSSR count). The maximum atomic E-state index is 13.2. The number of likely N-dealkylation sites (N-methyl/N-ethyl adjacent to an activating group) is 1.